The number of benzene rings is 1. The van der Waals surface area contributed by atoms with Crippen LogP contribution < -0.4 is 0 Å². The molecule has 0 amide bonds. The van der Waals surface area contributed by atoms with Crippen LogP contribution in [0.5, 0.6) is 0 Å². The van der Waals surface area contributed by atoms with Gasteiger partial charge in [-0.25, -0.2) is 4.39 Å². The molecule has 88 valence electrons. The van der Waals surface area contributed by atoms with E-state index >= 15 is 0 Å². The summed E-state index contributed by atoms with van der Waals surface area (Å²) in [5.41, 5.74) is 0.725. The predicted molar refractivity (Wildman–Crippen MR) is 56.2 cm³/mol. The van der Waals surface area contributed by atoms with Crippen molar-refractivity contribution in [1.29, 1.82) is 0 Å². The monoisotopic (exact) mass is 226 g/mol. The summed E-state index contributed by atoms with van der Waals surface area (Å²) < 4.78 is 24.8. The molecule has 16 heavy (non-hydrogen) atoms. The van der Waals surface area contributed by atoms with Gasteiger partial charge in [-0.05, 0) is 13.8 Å². The minimum atomic E-state index is -0.674. The van der Waals surface area contributed by atoms with E-state index in [1.807, 2.05) is 0 Å². The number of hydrogen-bond donors (Lipinski definition) is 1. The lowest BCUT2D eigenvalue weighted by molar-refractivity contribution is -0.139. The maximum absolute atomic E-state index is 13.9. The van der Waals surface area contributed by atoms with Crippen LogP contribution in [0.1, 0.15) is 31.1 Å². The molecule has 0 aliphatic carbocycles. The number of ether oxygens (including phenoxy) is 2. The zero-order valence-corrected chi connectivity index (χ0v) is 9.37. The first-order chi connectivity index (χ1) is 7.53. The van der Waals surface area contributed by atoms with Gasteiger partial charge in [0.2, 0.25) is 0 Å². The number of aliphatic hydroxyl groups excluding tert-OH is 1. The third kappa shape index (κ3) is 2.09. The molecule has 3 nitrogen and oxygen atoms in total. The van der Waals surface area contributed by atoms with E-state index in [-0.39, 0.29) is 12.2 Å². The van der Waals surface area contributed by atoms with Gasteiger partial charge in [0, 0.05) is 11.1 Å². The molecule has 0 spiro atoms. The molecule has 1 aliphatic rings. The Hall–Kier alpha value is -0.970. The van der Waals surface area contributed by atoms with Crippen LogP contribution in [0.25, 0.3) is 0 Å². The molecule has 1 fully saturated rings. The summed E-state index contributed by atoms with van der Waals surface area (Å²) in [6.45, 7) is 3.61. The molecule has 0 radical (unpaired) electrons. The maximum atomic E-state index is 13.9. The lowest BCUT2D eigenvalue weighted by Gasteiger charge is -2.17. The predicted octanol–water partition coefficient (Wildman–Crippen LogP) is 2.14. The highest BCUT2D eigenvalue weighted by atomic mass is 19.1. The van der Waals surface area contributed by atoms with E-state index < -0.39 is 17.7 Å². The Morgan fingerprint density at radius 1 is 1.50 bits per heavy atom. The first kappa shape index (κ1) is 11.5. The number of aliphatic hydroxyl groups is 1. The summed E-state index contributed by atoms with van der Waals surface area (Å²) in [7, 11) is 0. The Morgan fingerprint density at radius 2 is 2.25 bits per heavy atom. The molecular formula is C12H15FO3. The van der Waals surface area contributed by atoms with Gasteiger partial charge in [-0.1, -0.05) is 18.2 Å². The lowest BCUT2D eigenvalue weighted by atomic mass is 10.1. The minimum absolute atomic E-state index is 0.283. The molecule has 1 heterocycles. The summed E-state index contributed by atoms with van der Waals surface area (Å²) in [6, 6.07) is 4.92. The number of rotatable bonds is 2. The van der Waals surface area contributed by atoms with Crippen LogP contribution in [0, 0.1) is 5.82 Å². The van der Waals surface area contributed by atoms with Gasteiger partial charge >= 0.3 is 0 Å². The fraction of sp³-hybridized carbons (Fsp3) is 0.500. The van der Waals surface area contributed by atoms with Gasteiger partial charge in [-0.15, -0.1) is 0 Å². The first-order valence-corrected chi connectivity index (χ1v) is 5.23. The van der Waals surface area contributed by atoms with Crippen LogP contribution in [-0.4, -0.2) is 17.5 Å². The molecule has 2 rings (SSSR count). The lowest BCUT2D eigenvalue weighted by Crippen LogP contribution is -2.19. The van der Waals surface area contributed by atoms with E-state index in [2.05, 4.69) is 0 Å². The van der Waals surface area contributed by atoms with Crippen LogP contribution in [0.15, 0.2) is 18.2 Å². The smallest absolute Gasteiger partial charge is 0.163 e. The van der Waals surface area contributed by atoms with Crippen molar-refractivity contribution >= 4 is 0 Å². The normalized spacial score (nSPS) is 23.6. The SMILES string of the molecule is CC1(C)OCC(c2cccc(CO)c2F)O1. The fourth-order valence-corrected chi connectivity index (χ4v) is 1.81. The Balaban J connectivity index is 2.28. The minimum Gasteiger partial charge on any atom is -0.392 e. The van der Waals surface area contributed by atoms with Crippen molar-refractivity contribution in [3.05, 3.63) is 35.1 Å². The second-order valence-electron chi connectivity index (χ2n) is 4.30. The molecule has 1 aromatic rings. The van der Waals surface area contributed by atoms with Gasteiger partial charge in [0.25, 0.3) is 0 Å². The van der Waals surface area contributed by atoms with Crippen LogP contribution >= 0.6 is 0 Å². The van der Waals surface area contributed by atoms with Crippen LogP contribution in [0.2, 0.25) is 0 Å². The van der Waals surface area contributed by atoms with Gasteiger partial charge in [0.05, 0.1) is 13.2 Å². The third-order valence-electron chi connectivity index (χ3n) is 2.63. The van der Waals surface area contributed by atoms with Gasteiger partial charge in [0.15, 0.2) is 5.79 Å². The molecule has 1 aliphatic heterocycles. The van der Waals surface area contributed by atoms with E-state index in [1.165, 1.54) is 0 Å². The molecule has 1 saturated heterocycles. The average molecular weight is 226 g/mol. The van der Waals surface area contributed by atoms with Gasteiger partial charge in [0.1, 0.15) is 11.9 Å². The van der Waals surface area contributed by atoms with Crippen LogP contribution in [-0.2, 0) is 16.1 Å². The molecule has 4 heteroatoms. The molecule has 1 atom stereocenters. The van der Waals surface area contributed by atoms with E-state index in [4.69, 9.17) is 14.6 Å². The number of hydrogen-bond acceptors (Lipinski definition) is 3. The van der Waals surface area contributed by atoms with Gasteiger partial charge in [-0.2, -0.15) is 0 Å². The molecular weight excluding hydrogens is 211 g/mol. The Labute approximate surface area is 93.8 Å². The van der Waals surface area contributed by atoms with Crippen molar-refractivity contribution in [1.82, 2.24) is 0 Å². The second-order valence-corrected chi connectivity index (χ2v) is 4.30. The van der Waals surface area contributed by atoms with Crippen LogP contribution in [0.4, 0.5) is 4.39 Å². The van der Waals surface area contributed by atoms with Crippen molar-refractivity contribution in [3.63, 3.8) is 0 Å². The largest absolute Gasteiger partial charge is 0.392 e. The van der Waals surface area contributed by atoms with Gasteiger partial charge in [-0.3, -0.25) is 0 Å². The Bertz CT molecular complexity index is 390. The summed E-state index contributed by atoms with van der Waals surface area (Å²) in [6.07, 6.45) is -0.401. The van der Waals surface area contributed by atoms with E-state index in [0.717, 1.165) is 0 Å². The van der Waals surface area contributed by atoms with Gasteiger partial charge < -0.3 is 14.6 Å². The standard InChI is InChI=1S/C12H15FO3/c1-12(2)15-7-10(16-12)9-5-3-4-8(6-14)11(9)13/h3-5,10,14H,6-7H2,1-2H3. The number of halogens is 1. The van der Waals surface area contributed by atoms with E-state index in [9.17, 15) is 4.39 Å². The Kier molecular flexibility index (Phi) is 2.97. The van der Waals surface area contributed by atoms with Crippen molar-refractivity contribution < 1.29 is 19.0 Å². The molecule has 1 N–H and O–H groups in total. The molecule has 1 aromatic carbocycles. The molecule has 0 aromatic heterocycles. The average Bonchev–Trinajstić information content (AvgIpc) is 2.59. The zero-order valence-electron chi connectivity index (χ0n) is 9.37. The first-order valence-electron chi connectivity index (χ1n) is 5.23. The highest BCUT2D eigenvalue weighted by Crippen LogP contribution is 2.34. The summed E-state index contributed by atoms with van der Waals surface area (Å²) >= 11 is 0. The van der Waals surface area contributed by atoms with Crippen molar-refractivity contribution in [2.24, 2.45) is 0 Å². The second kappa shape index (κ2) is 4.13. The Morgan fingerprint density at radius 3 is 2.81 bits per heavy atom. The molecule has 1 unspecified atom stereocenters. The van der Waals surface area contributed by atoms with E-state index in [0.29, 0.717) is 12.2 Å². The molecule has 0 bridgehead atoms. The quantitative estimate of drug-likeness (QED) is 0.839. The summed E-state index contributed by atoms with van der Waals surface area (Å²) in [5, 5.41) is 8.98. The topological polar surface area (TPSA) is 38.7 Å². The molecule has 0 saturated carbocycles. The fourth-order valence-electron chi connectivity index (χ4n) is 1.81. The van der Waals surface area contributed by atoms with Crippen LogP contribution in [0.3, 0.4) is 0 Å². The van der Waals surface area contributed by atoms with Crippen molar-refractivity contribution in [2.45, 2.75) is 32.3 Å². The van der Waals surface area contributed by atoms with E-state index in [1.54, 1.807) is 32.0 Å². The van der Waals surface area contributed by atoms with Crippen molar-refractivity contribution in [3.8, 4) is 0 Å². The third-order valence-corrected chi connectivity index (χ3v) is 2.63. The highest BCUT2D eigenvalue weighted by Gasteiger charge is 2.35. The highest BCUT2D eigenvalue weighted by molar-refractivity contribution is 5.27. The summed E-state index contributed by atoms with van der Waals surface area (Å²) in [5.74, 6) is -1.08. The zero-order chi connectivity index (χ0) is 11.8. The maximum Gasteiger partial charge on any atom is 0.163 e. The van der Waals surface area contributed by atoms with Crippen molar-refractivity contribution in [2.75, 3.05) is 6.61 Å². The summed E-state index contributed by atoms with van der Waals surface area (Å²) in [4.78, 5) is 0.